The summed E-state index contributed by atoms with van der Waals surface area (Å²) in [6.07, 6.45) is 3.54. The summed E-state index contributed by atoms with van der Waals surface area (Å²) in [4.78, 5) is 20.0. The third kappa shape index (κ3) is 3.26. The zero-order valence-electron chi connectivity index (χ0n) is 16.8. The second-order valence-electron chi connectivity index (χ2n) is 8.27. The molecule has 29 heavy (non-hydrogen) atoms. The van der Waals surface area contributed by atoms with Crippen molar-refractivity contribution in [1.82, 2.24) is 9.88 Å². The number of ketones is 1. The van der Waals surface area contributed by atoms with Crippen LogP contribution in [0, 0.1) is 0 Å². The van der Waals surface area contributed by atoms with Crippen LogP contribution >= 0.6 is 0 Å². The number of rotatable bonds is 3. The second-order valence-corrected chi connectivity index (χ2v) is 8.27. The molecule has 3 aromatic carbocycles. The standard InChI is InChI=1S/C26H26N2O/c1-28-16-7-6-10-19(17-28)25-24(22-13-4-5-15-23(22)27-25)26(29)21-14-8-11-18-9-2-3-12-20(18)21/h2-5,8-9,11-15,19,27H,6-7,10,16-17H2,1H3. The molecule has 1 fully saturated rings. The fraction of sp³-hybridized carbons (Fsp3) is 0.269. The van der Waals surface area contributed by atoms with Crippen LogP contribution in [0.5, 0.6) is 0 Å². The van der Waals surface area contributed by atoms with Crippen LogP contribution in [0.25, 0.3) is 21.7 Å². The average Bonchev–Trinajstić information content (AvgIpc) is 3.01. The molecule has 1 atom stereocenters. The molecule has 1 saturated heterocycles. The first-order valence-corrected chi connectivity index (χ1v) is 10.5. The lowest BCUT2D eigenvalue weighted by Crippen LogP contribution is -2.24. The highest BCUT2D eigenvalue weighted by molar-refractivity contribution is 6.22. The molecule has 0 saturated carbocycles. The van der Waals surface area contributed by atoms with Crippen LogP contribution in [0.15, 0.2) is 66.7 Å². The van der Waals surface area contributed by atoms with Crippen molar-refractivity contribution in [3.05, 3.63) is 83.6 Å². The first kappa shape index (κ1) is 18.1. The van der Waals surface area contributed by atoms with Gasteiger partial charge in [0.05, 0.1) is 5.56 Å². The third-order valence-electron chi connectivity index (χ3n) is 6.28. The minimum Gasteiger partial charge on any atom is -0.357 e. The maximum Gasteiger partial charge on any atom is 0.196 e. The third-order valence-corrected chi connectivity index (χ3v) is 6.28. The van der Waals surface area contributed by atoms with E-state index in [0.717, 1.165) is 58.0 Å². The first-order valence-electron chi connectivity index (χ1n) is 10.5. The van der Waals surface area contributed by atoms with Gasteiger partial charge in [0.25, 0.3) is 0 Å². The van der Waals surface area contributed by atoms with Gasteiger partial charge in [0, 0.05) is 34.6 Å². The van der Waals surface area contributed by atoms with Gasteiger partial charge in [0.2, 0.25) is 0 Å². The van der Waals surface area contributed by atoms with E-state index in [2.05, 4.69) is 47.3 Å². The summed E-state index contributed by atoms with van der Waals surface area (Å²) >= 11 is 0. The molecule has 1 aliphatic heterocycles. The molecule has 146 valence electrons. The van der Waals surface area contributed by atoms with Crippen molar-refractivity contribution in [3.63, 3.8) is 0 Å². The zero-order valence-corrected chi connectivity index (χ0v) is 16.8. The highest BCUT2D eigenvalue weighted by atomic mass is 16.1. The molecule has 4 aromatic rings. The van der Waals surface area contributed by atoms with E-state index in [0.29, 0.717) is 5.92 Å². The molecule has 0 bridgehead atoms. The molecule has 1 N–H and O–H groups in total. The lowest BCUT2D eigenvalue weighted by molar-refractivity contribution is 0.104. The number of aromatic nitrogens is 1. The van der Waals surface area contributed by atoms with Gasteiger partial charge in [0.15, 0.2) is 5.78 Å². The fourth-order valence-corrected chi connectivity index (χ4v) is 4.84. The SMILES string of the molecule is CN1CCCCC(c2[nH]c3ccccc3c2C(=O)c2cccc3ccccc23)C1. The average molecular weight is 383 g/mol. The van der Waals surface area contributed by atoms with E-state index in [4.69, 9.17) is 0 Å². The summed E-state index contributed by atoms with van der Waals surface area (Å²) < 4.78 is 0. The summed E-state index contributed by atoms with van der Waals surface area (Å²) in [5, 5.41) is 3.16. The number of likely N-dealkylation sites (N-methyl/N-ethyl adjacent to an activating group) is 1. The van der Waals surface area contributed by atoms with E-state index >= 15 is 0 Å². The molecule has 1 aliphatic rings. The highest BCUT2D eigenvalue weighted by Gasteiger charge is 2.27. The van der Waals surface area contributed by atoms with Crippen LogP contribution in [0.1, 0.15) is 46.8 Å². The van der Waals surface area contributed by atoms with E-state index < -0.39 is 0 Å². The maximum atomic E-state index is 13.9. The Morgan fingerprint density at radius 2 is 1.69 bits per heavy atom. The van der Waals surface area contributed by atoms with Crippen molar-refractivity contribution in [3.8, 4) is 0 Å². The Hall–Kier alpha value is -2.91. The van der Waals surface area contributed by atoms with E-state index in [-0.39, 0.29) is 5.78 Å². The van der Waals surface area contributed by atoms with Crippen LogP contribution in [0.4, 0.5) is 0 Å². The monoisotopic (exact) mass is 382 g/mol. The molecule has 1 unspecified atom stereocenters. The number of hydrogen-bond donors (Lipinski definition) is 1. The minimum atomic E-state index is 0.126. The van der Waals surface area contributed by atoms with E-state index in [1.807, 2.05) is 36.4 Å². The Kier molecular flexibility index (Phi) is 4.69. The van der Waals surface area contributed by atoms with Crippen LogP contribution in [0.2, 0.25) is 0 Å². The predicted octanol–water partition coefficient (Wildman–Crippen LogP) is 5.75. The molecular weight excluding hydrogens is 356 g/mol. The summed E-state index contributed by atoms with van der Waals surface area (Å²) in [7, 11) is 2.19. The normalized spacial score (nSPS) is 18.2. The Morgan fingerprint density at radius 1 is 0.931 bits per heavy atom. The topological polar surface area (TPSA) is 36.1 Å². The Labute approximate surface area is 171 Å². The van der Waals surface area contributed by atoms with Crippen LogP contribution in [0.3, 0.4) is 0 Å². The van der Waals surface area contributed by atoms with E-state index in [9.17, 15) is 4.79 Å². The molecular formula is C26H26N2O. The fourth-order valence-electron chi connectivity index (χ4n) is 4.84. The quantitative estimate of drug-likeness (QED) is 0.458. The van der Waals surface area contributed by atoms with E-state index in [1.54, 1.807) is 0 Å². The largest absolute Gasteiger partial charge is 0.357 e. The van der Waals surface area contributed by atoms with Crippen molar-refractivity contribution in [2.45, 2.75) is 25.2 Å². The van der Waals surface area contributed by atoms with Gasteiger partial charge in [-0.05, 0) is 43.3 Å². The van der Waals surface area contributed by atoms with Gasteiger partial charge in [-0.25, -0.2) is 0 Å². The Morgan fingerprint density at radius 3 is 2.59 bits per heavy atom. The van der Waals surface area contributed by atoms with Crippen LogP contribution < -0.4 is 0 Å². The smallest absolute Gasteiger partial charge is 0.196 e. The Bertz CT molecular complexity index is 1180. The number of aromatic amines is 1. The number of H-pyrrole nitrogens is 1. The number of fused-ring (bicyclic) bond motifs is 2. The van der Waals surface area contributed by atoms with Crippen LogP contribution in [-0.4, -0.2) is 35.8 Å². The van der Waals surface area contributed by atoms with Crippen molar-refractivity contribution in [2.75, 3.05) is 20.1 Å². The van der Waals surface area contributed by atoms with Gasteiger partial charge in [-0.3, -0.25) is 4.79 Å². The molecule has 0 spiro atoms. The molecule has 0 radical (unpaired) electrons. The van der Waals surface area contributed by atoms with Crippen molar-refractivity contribution >= 4 is 27.5 Å². The second kappa shape index (κ2) is 7.49. The van der Waals surface area contributed by atoms with Crippen molar-refractivity contribution < 1.29 is 4.79 Å². The first-order chi connectivity index (χ1) is 14.2. The van der Waals surface area contributed by atoms with Gasteiger partial charge in [-0.1, -0.05) is 67.1 Å². The van der Waals surface area contributed by atoms with Crippen LogP contribution in [-0.2, 0) is 0 Å². The zero-order chi connectivity index (χ0) is 19.8. The number of benzene rings is 3. The minimum absolute atomic E-state index is 0.126. The van der Waals surface area contributed by atoms with Gasteiger partial charge < -0.3 is 9.88 Å². The van der Waals surface area contributed by atoms with Gasteiger partial charge >= 0.3 is 0 Å². The van der Waals surface area contributed by atoms with Gasteiger partial charge in [0.1, 0.15) is 0 Å². The Balaban J connectivity index is 1.70. The molecule has 3 heteroatoms. The molecule has 3 nitrogen and oxygen atoms in total. The number of nitrogens with one attached hydrogen (secondary N) is 1. The van der Waals surface area contributed by atoms with Gasteiger partial charge in [-0.15, -0.1) is 0 Å². The summed E-state index contributed by atoms with van der Waals surface area (Å²) in [5.41, 5.74) is 3.81. The number of likely N-dealkylation sites (tertiary alicyclic amines) is 1. The molecule has 0 amide bonds. The molecule has 0 aliphatic carbocycles. The molecule has 1 aromatic heterocycles. The van der Waals surface area contributed by atoms with Gasteiger partial charge in [-0.2, -0.15) is 0 Å². The van der Waals surface area contributed by atoms with Crippen molar-refractivity contribution in [1.29, 1.82) is 0 Å². The van der Waals surface area contributed by atoms with E-state index in [1.165, 1.54) is 12.8 Å². The lowest BCUT2D eigenvalue weighted by atomic mass is 9.90. The number of carbonyl (C=O) groups is 1. The summed E-state index contributed by atoms with van der Waals surface area (Å²) in [5.74, 6) is 0.477. The highest BCUT2D eigenvalue weighted by Crippen LogP contribution is 2.35. The molecule has 2 heterocycles. The number of para-hydroxylation sites is 1. The predicted molar refractivity (Wildman–Crippen MR) is 120 cm³/mol. The molecule has 5 rings (SSSR count). The number of nitrogens with zero attached hydrogens (tertiary/aromatic N) is 1. The number of hydrogen-bond acceptors (Lipinski definition) is 2. The maximum absolute atomic E-state index is 13.9. The number of carbonyl (C=O) groups excluding carboxylic acids is 1. The van der Waals surface area contributed by atoms with Crippen molar-refractivity contribution in [2.24, 2.45) is 0 Å². The lowest BCUT2D eigenvalue weighted by Gasteiger charge is -2.20. The summed E-state index contributed by atoms with van der Waals surface area (Å²) in [6.45, 7) is 2.12. The summed E-state index contributed by atoms with van der Waals surface area (Å²) in [6, 6.07) is 22.4.